The summed E-state index contributed by atoms with van der Waals surface area (Å²) in [6.45, 7) is 4.35. The topological polar surface area (TPSA) is 62.6 Å². The Hall–Kier alpha value is -2.21. The molecule has 1 aromatic heterocycles. The van der Waals surface area contributed by atoms with Crippen molar-refractivity contribution in [1.29, 1.82) is 0 Å². The predicted molar refractivity (Wildman–Crippen MR) is 98.2 cm³/mol. The number of carbonyl (C=O) groups is 2. The molecule has 3 rings (SSSR count). The zero-order chi connectivity index (χ0) is 17.8. The molecule has 0 bridgehead atoms. The van der Waals surface area contributed by atoms with Crippen molar-refractivity contribution in [3.05, 3.63) is 59.5 Å². The maximum atomic E-state index is 13.0. The molecule has 132 valence electrons. The molecule has 1 aliphatic heterocycles. The average molecular weight is 358 g/mol. The molecule has 1 aromatic carbocycles. The van der Waals surface area contributed by atoms with Gasteiger partial charge < -0.3 is 14.6 Å². The Morgan fingerprint density at radius 1 is 1.28 bits per heavy atom. The van der Waals surface area contributed by atoms with E-state index in [1.165, 1.54) is 0 Å². The number of rotatable bonds is 5. The van der Waals surface area contributed by atoms with E-state index in [1.54, 1.807) is 29.0 Å². The fourth-order valence-electron chi connectivity index (χ4n) is 2.90. The fourth-order valence-corrected chi connectivity index (χ4v) is 4.26. The lowest BCUT2D eigenvalue weighted by Crippen LogP contribution is -2.49. The first-order valence-electron chi connectivity index (χ1n) is 8.41. The lowest BCUT2D eigenvalue weighted by atomic mass is 10.1. The normalized spacial score (nSPS) is 19.8. The minimum atomic E-state index is -0.460. The van der Waals surface area contributed by atoms with Crippen molar-refractivity contribution in [2.45, 2.75) is 38.2 Å². The number of aryl methyl sites for hydroxylation is 1. The van der Waals surface area contributed by atoms with E-state index in [1.807, 2.05) is 44.2 Å². The summed E-state index contributed by atoms with van der Waals surface area (Å²) in [6, 6.07) is 10.6. The van der Waals surface area contributed by atoms with Gasteiger partial charge in [0.05, 0.1) is 18.2 Å². The van der Waals surface area contributed by atoms with Crippen LogP contribution < -0.4 is 5.32 Å². The first-order chi connectivity index (χ1) is 12.1. The highest BCUT2D eigenvalue weighted by atomic mass is 32.2. The maximum absolute atomic E-state index is 13.0. The number of nitrogens with one attached hydrogen (secondary N) is 1. The summed E-state index contributed by atoms with van der Waals surface area (Å²) in [5.74, 6) is 1.08. The molecule has 0 radical (unpaired) electrons. The molecule has 0 aliphatic carbocycles. The zero-order valence-electron chi connectivity index (χ0n) is 14.4. The highest BCUT2D eigenvalue weighted by molar-refractivity contribution is 8.00. The van der Waals surface area contributed by atoms with Gasteiger partial charge in [-0.15, -0.1) is 11.8 Å². The maximum Gasteiger partial charge on any atom is 0.255 e. The number of hydrogen-bond donors (Lipinski definition) is 1. The Bertz CT molecular complexity index is 728. The Morgan fingerprint density at radius 3 is 2.68 bits per heavy atom. The summed E-state index contributed by atoms with van der Waals surface area (Å²) < 4.78 is 5.24. The second kappa shape index (κ2) is 7.78. The molecule has 1 aliphatic rings. The Balaban J connectivity index is 1.74. The molecule has 2 heterocycles. The van der Waals surface area contributed by atoms with E-state index in [-0.39, 0.29) is 17.2 Å². The van der Waals surface area contributed by atoms with Gasteiger partial charge in [0.2, 0.25) is 5.91 Å². The number of carbonyl (C=O) groups excluding carboxylic acids is 2. The number of thioether (sulfide) groups is 1. The molecule has 25 heavy (non-hydrogen) atoms. The van der Waals surface area contributed by atoms with Crippen molar-refractivity contribution in [2.75, 3.05) is 5.75 Å². The van der Waals surface area contributed by atoms with E-state index >= 15 is 0 Å². The number of amides is 2. The van der Waals surface area contributed by atoms with Crippen LogP contribution in [-0.4, -0.2) is 33.9 Å². The largest absolute Gasteiger partial charge is 0.467 e. The fraction of sp³-hybridized carbons (Fsp3) is 0.368. The van der Waals surface area contributed by atoms with Gasteiger partial charge in [0.15, 0.2) is 0 Å². The summed E-state index contributed by atoms with van der Waals surface area (Å²) >= 11 is 1.66. The third kappa shape index (κ3) is 3.90. The molecule has 0 saturated carbocycles. The molecular formula is C19H22N2O3S. The summed E-state index contributed by atoms with van der Waals surface area (Å²) in [5.41, 5.74) is 1.72. The van der Waals surface area contributed by atoms with E-state index in [4.69, 9.17) is 4.42 Å². The first-order valence-corrected chi connectivity index (χ1v) is 9.46. The predicted octanol–water partition coefficient (Wildman–Crippen LogP) is 3.20. The van der Waals surface area contributed by atoms with Gasteiger partial charge in [-0.1, -0.05) is 24.6 Å². The van der Waals surface area contributed by atoms with Crippen LogP contribution in [0.5, 0.6) is 0 Å². The van der Waals surface area contributed by atoms with Crippen molar-refractivity contribution in [1.82, 2.24) is 10.2 Å². The number of benzene rings is 1. The monoisotopic (exact) mass is 358 g/mol. The van der Waals surface area contributed by atoms with Crippen LogP contribution in [0.4, 0.5) is 0 Å². The van der Waals surface area contributed by atoms with Gasteiger partial charge in [-0.2, -0.15) is 0 Å². The van der Waals surface area contributed by atoms with Crippen LogP contribution >= 0.6 is 11.8 Å². The highest BCUT2D eigenvalue weighted by Crippen LogP contribution is 2.32. The number of hydrogen-bond acceptors (Lipinski definition) is 4. The highest BCUT2D eigenvalue weighted by Gasteiger charge is 2.40. The quantitative estimate of drug-likeness (QED) is 0.892. The zero-order valence-corrected chi connectivity index (χ0v) is 15.2. The van der Waals surface area contributed by atoms with Crippen LogP contribution in [0, 0.1) is 6.92 Å². The second-order valence-corrected chi connectivity index (χ2v) is 7.30. The Morgan fingerprint density at radius 2 is 2.04 bits per heavy atom. The van der Waals surface area contributed by atoms with E-state index in [0.717, 1.165) is 12.0 Å². The van der Waals surface area contributed by atoms with Gasteiger partial charge in [-0.3, -0.25) is 9.59 Å². The summed E-state index contributed by atoms with van der Waals surface area (Å²) in [7, 11) is 0. The van der Waals surface area contributed by atoms with E-state index in [2.05, 4.69) is 5.32 Å². The number of nitrogens with zero attached hydrogens (tertiary/aromatic N) is 1. The third-order valence-electron chi connectivity index (χ3n) is 4.29. The van der Waals surface area contributed by atoms with Crippen LogP contribution in [0.15, 0.2) is 47.1 Å². The molecule has 0 spiro atoms. The Kier molecular flexibility index (Phi) is 5.48. The molecule has 6 heteroatoms. The standard InChI is InChI=1S/C19H22N2O3S/c1-3-17-21(19(23)14-8-6-13(2)7-9-14)16(12-25-17)18(22)20-11-15-5-4-10-24-15/h4-10,16-17H,3,11-12H2,1-2H3,(H,20,22). The molecule has 2 amide bonds. The minimum Gasteiger partial charge on any atom is -0.467 e. The van der Waals surface area contributed by atoms with E-state index < -0.39 is 6.04 Å². The SMILES string of the molecule is CCC1SCC(C(=O)NCc2ccco2)N1C(=O)c1ccc(C)cc1. The lowest BCUT2D eigenvalue weighted by molar-refractivity contribution is -0.125. The van der Waals surface area contributed by atoms with Crippen LogP contribution in [0.1, 0.15) is 35.0 Å². The van der Waals surface area contributed by atoms with Crippen molar-refractivity contribution in [3.63, 3.8) is 0 Å². The smallest absolute Gasteiger partial charge is 0.255 e. The molecular weight excluding hydrogens is 336 g/mol. The molecule has 2 aromatic rings. The summed E-state index contributed by atoms with van der Waals surface area (Å²) in [6.07, 6.45) is 2.39. The molecule has 1 N–H and O–H groups in total. The molecule has 5 nitrogen and oxygen atoms in total. The van der Waals surface area contributed by atoms with Gasteiger partial charge in [-0.25, -0.2) is 0 Å². The lowest BCUT2D eigenvalue weighted by Gasteiger charge is -2.28. The Labute approximate surface area is 151 Å². The van der Waals surface area contributed by atoms with E-state index in [0.29, 0.717) is 23.6 Å². The average Bonchev–Trinajstić information content (AvgIpc) is 3.29. The van der Waals surface area contributed by atoms with Crippen molar-refractivity contribution < 1.29 is 14.0 Å². The minimum absolute atomic E-state index is 0.0214. The molecule has 1 saturated heterocycles. The first kappa shape index (κ1) is 17.6. The van der Waals surface area contributed by atoms with Gasteiger partial charge in [0.1, 0.15) is 11.8 Å². The van der Waals surface area contributed by atoms with Crippen molar-refractivity contribution >= 4 is 23.6 Å². The summed E-state index contributed by atoms with van der Waals surface area (Å²) in [4.78, 5) is 27.4. The molecule has 2 unspecified atom stereocenters. The van der Waals surface area contributed by atoms with Gasteiger partial charge in [0.25, 0.3) is 5.91 Å². The molecule has 2 atom stereocenters. The second-order valence-electron chi connectivity index (χ2n) is 6.09. The summed E-state index contributed by atoms with van der Waals surface area (Å²) in [5, 5.41) is 2.90. The van der Waals surface area contributed by atoms with Gasteiger partial charge >= 0.3 is 0 Å². The van der Waals surface area contributed by atoms with Crippen LogP contribution in [0.2, 0.25) is 0 Å². The van der Waals surface area contributed by atoms with Crippen LogP contribution in [-0.2, 0) is 11.3 Å². The van der Waals surface area contributed by atoms with E-state index in [9.17, 15) is 9.59 Å². The van der Waals surface area contributed by atoms with Crippen molar-refractivity contribution in [3.8, 4) is 0 Å². The third-order valence-corrected chi connectivity index (χ3v) is 5.75. The van der Waals surface area contributed by atoms with Crippen LogP contribution in [0.25, 0.3) is 0 Å². The van der Waals surface area contributed by atoms with Gasteiger partial charge in [-0.05, 0) is 37.6 Å². The van der Waals surface area contributed by atoms with Crippen molar-refractivity contribution in [2.24, 2.45) is 0 Å². The number of furan rings is 1. The van der Waals surface area contributed by atoms with Gasteiger partial charge in [0, 0.05) is 11.3 Å². The van der Waals surface area contributed by atoms with Crippen LogP contribution in [0.3, 0.4) is 0 Å². The molecule has 1 fully saturated rings.